The zero-order valence-corrected chi connectivity index (χ0v) is 29.8. The molecular weight excluding hydrogens is 655 g/mol. The minimum atomic E-state index is -2.01. The van der Waals surface area contributed by atoms with Crippen molar-refractivity contribution in [2.75, 3.05) is 13.1 Å². The number of hydrogen-bond acceptors (Lipinski definition) is 5. The minimum absolute atomic E-state index is 0.00838. The molecule has 2 bridgehead atoms. The normalized spacial score (nSPS) is 29.1. The Morgan fingerprint density at radius 2 is 1.64 bits per heavy atom. The number of rotatable bonds is 8. The Morgan fingerprint density at radius 3 is 2.34 bits per heavy atom. The van der Waals surface area contributed by atoms with Crippen LogP contribution >= 0.6 is 34.8 Å². The van der Waals surface area contributed by atoms with Crippen LogP contribution in [0.3, 0.4) is 0 Å². The Hall–Kier alpha value is -2.16. The summed E-state index contributed by atoms with van der Waals surface area (Å²) in [4.78, 5) is 14.8. The quantitative estimate of drug-likeness (QED) is 0.231. The average Bonchev–Trinajstić information content (AvgIpc) is 3.27. The summed E-state index contributed by atoms with van der Waals surface area (Å²) in [5, 5.41) is 12.3. The fourth-order valence-corrected chi connectivity index (χ4v) is 8.56. The molecule has 1 saturated carbocycles. The van der Waals surface area contributed by atoms with Gasteiger partial charge in [0.15, 0.2) is 6.29 Å². The van der Waals surface area contributed by atoms with E-state index in [1.165, 1.54) is 19.3 Å². The number of carbonyl (C=O) groups is 1. The molecule has 2 heterocycles. The fraction of sp³-hybridized carbons (Fsp3) is 0.500. The number of fused-ring (bicyclic) bond motifs is 2. The van der Waals surface area contributed by atoms with E-state index in [1.807, 2.05) is 42.5 Å². The molecule has 3 aromatic rings. The van der Waals surface area contributed by atoms with Gasteiger partial charge in [-0.1, -0.05) is 123 Å². The van der Waals surface area contributed by atoms with Crippen LogP contribution in [0.1, 0.15) is 81.6 Å². The number of benzene rings is 3. The second-order valence-corrected chi connectivity index (χ2v) is 17.3. The Labute approximate surface area is 293 Å². The molecule has 0 radical (unpaired) electrons. The van der Waals surface area contributed by atoms with Crippen LogP contribution in [0.25, 0.3) is 11.1 Å². The lowest BCUT2D eigenvalue weighted by atomic mass is 9.65. The molecule has 3 aliphatic rings. The van der Waals surface area contributed by atoms with Gasteiger partial charge in [0.25, 0.3) is 9.70 Å². The van der Waals surface area contributed by atoms with Crippen molar-refractivity contribution in [3.8, 4) is 11.1 Å². The van der Waals surface area contributed by atoms with E-state index in [1.54, 1.807) is 0 Å². The van der Waals surface area contributed by atoms with Gasteiger partial charge in [0.2, 0.25) is 0 Å². The number of alkyl halides is 3. The molecule has 1 aliphatic carbocycles. The molecule has 6 rings (SSSR count). The average molecular weight is 700 g/mol. The molecule has 6 unspecified atom stereocenters. The maximum absolute atomic E-state index is 12.1. The van der Waals surface area contributed by atoms with E-state index in [2.05, 4.69) is 68.2 Å². The van der Waals surface area contributed by atoms with Crippen LogP contribution < -0.4 is 5.32 Å². The van der Waals surface area contributed by atoms with Crippen LogP contribution in [-0.4, -0.2) is 44.9 Å². The van der Waals surface area contributed by atoms with Crippen LogP contribution in [0, 0.1) is 16.7 Å². The van der Waals surface area contributed by atoms with Gasteiger partial charge in [-0.3, -0.25) is 9.69 Å². The van der Waals surface area contributed by atoms with Crippen molar-refractivity contribution in [3.05, 3.63) is 95.1 Å². The molecule has 9 heteroatoms. The van der Waals surface area contributed by atoms with Gasteiger partial charge in [-0.25, -0.2) is 0 Å². The van der Waals surface area contributed by atoms with Gasteiger partial charge < -0.3 is 19.9 Å². The predicted molar refractivity (Wildman–Crippen MR) is 188 cm³/mol. The highest BCUT2D eigenvalue weighted by molar-refractivity contribution is 6.76. The van der Waals surface area contributed by atoms with E-state index >= 15 is 0 Å². The molecule has 2 aliphatic heterocycles. The first kappa shape index (κ1) is 34.7. The Bertz CT molecular complexity index is 1580. The first-order chi connectivity index (χ1) is 22.2. The van der Waals surface area contributed by atoms with Gasteiger partial charge in [-0.15, -0.1) is 0 Å². The standard InChI is InChI=1S/C38H45Cl3N2O4/c1-24-32(20-43-23-37(4)18-31(43)17-36(2,3)22-37)46-34(47-33(24)27-13-11-25(21-44)12-14-27)30-10-6-9-29(16-30)28-8-5-7-26(15-28)19-42-35(45)38(39,40)41/h5-16,24,31-34,44H,17-23H2,1-4H3,(H,42,45). The molecule has 2 N–H and O–H groups in total. The lowest BCUT2D eigenvalue weighted by molar-refractivity contribution is -0.276. The van der Waals surface area contributed by atoms with Gasteiger partial charge in [0, 0.05) is 37.2 Å². The predicted octanol–water partition coefficient (Wildman–Crippen LogP) is 8.52. The minimum Gasteiger partial charge on any atom is -0.392 e. The van der Waals surface area contributed by atoms with Crippen molar-refractivity contribution < 1.29 is 19.4 Å². The number of likely N-dealkylation sites (tertiary alicyclic amines) is 1. The maximum atomic E-state index is 12.1. The van der Waals surface area contributed by atoms with Crippen LogP contribution in [-0.2, 0) is 27.4 Å². The monoisotopic (exact) mass is 698 g/mol. The molecule has 6 nitrogen and oxygen atoms in total. The van der Waals surface area contributed by atoms with E-state index in [-0.39, 0.29) is 31.3 Å². The largest absolute Gasteiger partial charge is 0.392 e. The second kappa shape index (κ2) is 13.6. The molecule has 0 aromatic heterocycles. The van der Waals surface area contributed by atoms with Crippen molar-refractivity contribution in [2.45, 2.75) is 88.4 Å². The van der Waals surface area contributed by atoms with Gasteiger partial charge in [0.05, 0.1) is 18.8 Å². The van der Waals surface area contributed by atoms with Crippen molar-refractivity contribution in [1.29, 1.82) is 0 Å². The van der Waals surface area contributed by atoms with E-state index in [0.717, 1.165) is 46.5 Å². The van der Waals surface area contributed by atoms with Gasteiger partial charge >= 0.3 is 0 Å². The zero-order chi connectivity index (χ0) is 33.6. The summed E-state index contributed by atoms with van der Waals surface area (Å²) in [5.74, 6) is -0.545. The Morgan fingerprint density at radius 1 is 0.936 bits per heavy atom. The zero-order valence-electron chi connectivity index (χ0n) is 27.5. The van der Waals surface area contributed by atoms with Crippen molar-refractivity contribution >= 4 is 40.7 Å². The summed E-state index contributed by atoms with van der Waals surface area (Å²) >= 11 is 17.2. The van der Waals surface area contributed by atoms with E-state index < -0.39 is 16.0 Å². The molecule has 1 amide bonds. The molecule has 3 fully saturated rings. The third-order valence-corrected chi connectivity index (χ3v) is 10.7. The third kappa shape index (κ3) is 8.02. The first-order valence-electron chi connectivity index (χ1n) is 16.5. The van der Waals surface area contributed by atoms with E-state index in [4.69, 9.17) is 44.3 Å². The van der Waals surface area contributed by atoms with Crippen molar-refractivity contribution in [1.82, 2.24) is 10.2 Å². The number of carbonyl (C=O) groups excluding carboxylic acids is 1. The fourth-order valence-electron chi connectivity index (χ4n) is 8.36. The highest BCUT2D eigenvalue weighted by Gasteiger charge is 2.51. The summed E-state index contributed by atoms with van der Waals surface area (Å²) in [6, 6.07) is 24.8. The topological polar surface area (TPSA) is 71.0 Å². The number of aliphatic hydroxyl groups excluding tert-OH is 1. The molecule has 0 spiro atoms. The number of ether oxygens (including phenoxy) is 2. The van der Waals surface area contributed by atoms with Crippen molar-refractivity contribution in [2.24, 2.45) is 16.7 Å². The molecule has 6 atom stereocenters. The van der Waals surface area contributed by atoms with Gasteiger partial charge in [-0.05, 0) is 70.0 Å². The summed E-state index contributed by atoms with van der Waals surface area (Å²) in [6.07, 6.45) is 2.96. The molecule has 47 heavy (non-hydrogen) atoms. The molecule has 3 aromatic carbocycles. The maximum Gasteiger partial charge on any atom is 0.272 e. The van der Waals surface area contributed by atoms with Crippen LogP contribution in [0.15, 0.2) is 72.8 Å². The van der Waals surface area contributed by atoms with Gasteiger partial charge in [0.1, 0.15) is 0 Å². The molecule has 2 saturated heterocycles. The smallest absolute Gasteiger partial charge is 0.272 e. The number of amides is 1. The summed E-state index contributed by atoms with van der Waals surface area (Å²) in [7, 11) is 0. The van der Waals surface area contributed by atoms with E-state index in [9.17, 15) is 9.90 Å². The lowest BCUT2D eigenvalue weighted by Crippen LogP contribution is -2.46. The van der Waals surface area contributed by atoms with Crippen LogP contribution in [0.2, 0.25) is 0 Å². The number of nitrogens with zero attached hydrogens (tertiary/aromatic N) is 1. The SMILES string of the molecule is CC1C(CN2CC3(C)CC2CC(C)(C)C3)OC(c2cccc(-c3cccc(CNC(=O)C(Cl)(Cl)Cl)c3)c2)OC1c1ccc(CO)cc1. The van der Waals surface area contributed by atoms with E-state index in [0.29, 0.717) is 16.9 Å². The van der Waals surface area contributed by atoms with Crippen LogP contribution in [0.4, 0.5) is 0 Å². The summed E-state index contributed by atoms with van der Waals surface area (Å²) in [5.41, 5.74) is 6.47. The van der Waals surface area contributed by atoms with Gasteiger partial charge in [-0.2, -0.15) is 0 Å². The summed E-state index contributed by atoms with van der Waals surface area (Å²) in [6.45, 7) is 11.7. The lowest BCUT2D eigenvalue weighted by Gasteiger charge is -2.43. The number of aliphatic hydroxyl groups is 1. The van der Waals surface area contributed by atoms with Crippen LogP contribution in [0.5, 0.6) is 0 Å². The molecular formula is C38H45Cl3N2O4. The third-order valence-electron chi connectivity index (χ3n) is 10.2. The Kier molecular flexibility index (Phi) is 10.1. The summed E-state index contributed by atoms with van der Waals surface area (Å²) < 4.78 is 11.7. The first-order valence-corrected chi connectivity index (χ1v) is 17.6. The number of halogens is 3. The highest BCUT2D eigenvalue weighted by Crippen LogP contribution is 2.53. The highest BCUT2D eigenvalue weighted by atomic mass is 35.6. The molecule has 252 valence electrons. The second-order valence-electron chi connectivity index (χ2n) is 15.0. The number of hydrogen-bond donors (Lipinski definition) is 2. The van der Waals surface area contributed by atoms with Crippen molar-refractivity contribution in [3.63, 3.8) is 0 Å². The number of nitrogens with one attached hydrogen (secondary N) is 1. The Balaban J connectivity index is 1.26.